The quantitative estimate of drug-likeness (QED) is 0.666. The van der Waals surface area contributed by atoms with E-state index in [4.69, 9.17) is 0 Å². The third kappa shape index (κ3) is 1.61. The Morgan fingerprint density at radius 3 is 2.17 bits per heavy atom. The molecule has 0 amide bonds. The molecule has 0 N–H and O–H groups in total. The molecule has 18 heavy (non-hydrogen) atoms. The Labute approximate surface area is 123 Å². The van der Waals surface area contributed by atoms with Crippen molar-refractivity contribution in [3.63, 3.8) is 0 Å². The van der Waals surface area contributed by atoms with Crippen molar-refractivity contribution in [1.82, 2.24) is 0 Å². The van der Waals surface area contributed by atoms with Crippen LogP contribution < -0.4 is 10.6 Å². The molecular weight excluding hydrogens is 375 g/mol. The topological polar surface area (TPSA) is 17.1 Å². The van der Waals surface area contributed by atoms with Crippen molar-refractivity contribution < 1.29 is 4.57 Å². The van der Waals surface area contributed by atoms with Gasteiger partial charge in [0.1, 0.15) is 0 Å². The van der Waals surface area contributed by atoms with Crippen LogP contribution in [0.5, 0.6) is 0 Å². The normalized spacial score (nSPS) is 22.1. The van der Waals surface area contributed by atoms with Gasteiger partial charge in [0.2, 0.25) is 0 Å². The number of hydrogen-bond donors (Lipinski definition) is 0. The maximum absolute atomic E-state index is 13.4. The molecule has 0 fully saturated rings. The van der Waals surface area contributed by atoms with Gasteiger partial charge in [-0.15, -0.1) is 0 Å². The van der Waals surface area contributed by atoms with Gasteiger partial charge in [-0.1, -0.05) is 54.6 Å². The lowest BCUT2D eigenvalue weighted by Gasteiger charge is -2.14. The Kier molecular flexibility index (Phi) is 3.09. The van der Waals surface area contributed by atoms with Gasteiger partial charge in [-0.25, -0.2) is 0 Å². The zero-order chi connectivity index (χ0) is 12.8. The molecule has 0 aromatic heterocycles. The summed E-state index contributed by atoms with van der Waals surface area (Å²) in [6.45, 7) is 0. The number of hydrogen-bond acceptors (Lipinski definition) is 1. The summed E-state index contributed by atoms with van der Waals surface area (Å²) in [6.07, 6.45) is 0. The Balaban J connectivity index is 2.35. The summed E-state index contributed by atoms with van der Waals surface area (Å²) in [5.41, 5.74) is 1.01. The Hall–Kier alpha value is -0.630. The van der Waals surface area contributed by atoms with E-state index in [1.807, 2.05) is 54.6 Å². The van der Waals surface area contributed by atoms with Crippen LogP contribution in [0.2, 0.25) is 0 Å². The van der Waals surface area contributed by atoms with E-state index in [0.717, 1.165) is 24.9 Å². The van der Waals surface area contributed by atoms with Crippen LogP contribution in [-0.2, 0) is 4.57 Å². The highest BCUT2D eigenvalue weighted by atomic mass is 79.9. The summed E-state index contributed by atoms with van der Waals surface area (Å²) in [6, 6.07) is 17.4. The molecule has 0 saturated heterocycles. The summed E-state index contributed by atoms with van der Waals surface area (Å²) in [5, 5.41) is 1.76. The minimum absolute atomic E-state index is 0.752. The van der Waals surface area contributed by atoms with Crippen LogP contribution >= 0.6 is 39.0 Å². The molecule has 1 unspecified atom stereocenters. The fourth-order valence-electron chi connectivity index (χ4n) is 2.18. The molecule has 0 radical (unpaired) electrons. The SMILES string of the molecule is O=P1(c2ccccc2)C(Br)=C(Br)c2ccccc21. The second-order valence-corrected chi connectivity index (χ2v) is 8.93. The molecule has 0 spiro atoms. The van der Waals surface area contributed by atoms with Gasteiger partial charge in [0.15, 0.2) is 7.14 Å². The third-order valence-electron chi connectivity index (χ3n) is 3.06. The van der Waals surface area contributed by atoms with Crippen LogP contribution in [0.15, 0.2) is 58.8 Å². The molecule has 1 atom stereocenters. The molecule has 1 heterocycles. The first-order valence-corrected chi connectivity index (χ1v) is 8.76. The fourth-order valence-corrected chi connectivity index (χ4v) is 7.36. The second kappa shape index (κ2) is 4.48. The van der Waals surface area contributed by atoms with Gasteiger partial charge in [-0.2, -0.15) is 0 Å². The van der Waals surface area contributed by atoms with Gasteiger partial charge in [0.25, 0.3) is 0 Å². The number of halogens is 2. The minimum atomic E-state index is -2.71. The van der Waals surface area contributed by atoms with Crippen molar-refractivity contribution >= 4 is 54.1 Å². The molecule has 90 valence electrons. The predicted molar refractivity (Wildman–Crippen MR) is 84.5 cm³/mol. The number of benzene rings is 2. The molecule has 1 nitrogen and oxygen atoms in total. The van der Waals surface area contributed by atoms with E-state index in [1.165, 1.54) is 0 Å². The summed E-state index contributed by atoms with van der Waals surface area (Å²) >= 11 is 7.05. The average molecular weight is 384 g/mol. The lowest BCUT2D eigenvalue weighted by atomic mass is 10.2. The van der Waals surface area contributed by atoms with Gasteiger partial charge in [0.05, 0.1) is 4.22 Å². The van der Waals surface area contributed by atoms with E-state index in [1.54, 1.807) is 0 Å². The maximum Gasteiger partial charge on any atom is 0.179 e. The number of rotatable bonds is 1. The van der Waals surface area contributed by atoms with Gasteiger partial charge < -0.3 is 4.57 Å². The Bertz CT molecular complexity index is 692. The van der Waals surface area contributed by atoms with Crippen molar-refractivity contribution in [2.75, 3.05) is 0 Å². The van der Waals surface area contributed by atoms with Crippen LogP contribution in [0.3, 0.4) is 0 Å². The molecule has 4 heteroatoms. The third-order valence-corrected chi connectivity index (χ3v) is 9.48. The Morgan fingerprint density at radius 1 is 0.833 bits per heavy atom. The lowest BCUT2D eigenvalue weighted by molar-refractivity contribution is 0.592. The van der Waals surface area contributed by atoms with E-state index in [9.17, 15) is 4.57 Å². The van der Waals surface area contributed by atoms with Crippen LogP contribution in [0.1, 0.15) is 5.56 Å². The Morgan fingerprint density at radius 2 is 1.44 bits per heavy atom. The minimum Gasteiger partial charge on any atom is -0.308 e. The van der Waals surface area contributed by atoms with E-state index < -0.39 is 7.14 Å². The van der Waals surface area contributed by atoms with Crippen molar-refractivity contribution in [2.24, 2.45) is 0 Å². The van der Waals surface area contributed by atoms with Crippen LogP contribution in [-0.4, -0.2) is 0 Å². The van der Waals surface area contributed by atoms with Crippen LogP contribution in [0.4, 0.5) is 0 Å². The van der Waals surface area contributed by atoms with E-state index >= 15 is 0 Å². The largest absolute Gasteiger partial charge is 0.308 e. The monoisotopic (exact) mass is 382 g/mol. The summed E-state index contributed by atoms with van der Waals surface area (Å²) in [7, 11) is -2.71. The molecule has 2 aromatic rings. The van der Waals surface area contributed by atoms with Gasteiger partial charge in [-0.3, -0.25) is 0 Å². The van der Waals surface area contributed by atoms with Crippen LogP contribution in [0, 0.1) is 0 Å². The standard InChI is InChI=1S/C14H9Br2OP/c15-13-11-8-4-5-9-12(11)18(17,14(13)16)10-6-2-1-3-7-10/h1-9H. The van der Waals surface area contributed by atoms with Crippen LogP contribution in [0.25, 0.3) is 4.48 Å². The molecule has 0 aliphatic carbocycles. The first-order chi connectivity index (χ1) is 8.65. The lowest BCUT2D eigenvalue weighted by Crippen LogP contribution is -2.14. The van der Waals surface area contributed by atoms with Gasteiger partial charge >= 0.3 is 0 Å². The van der Waals surface area contributed by atoms with Gasteiger partial charge in [-0.05, 0) is 31.9 Å². The molecule has 0 bridgehead atoms. The van der Waals surface area contributed by atoms with Crippen molar-refractivity contribution in [3.8, 4) is 0 Å². The molecule has 1 aliphatic rings. The molecular formula is C14H9Br2OP. The predicted octanol–water partition coefficient (Wildman–Crippen LogP) is 4.43. The van der Waals surface area contributed by atoms with E-state index in [2.05, 4.69) is 31.9 Å². The summed E-state index contributed by atoms with van der Waals surface area (Å²) < 4.78 is 15.1. The van der Waals surface area contributed by atoms with Crippen molar-refractivity contribution in [1.29, 1.82) is 0 Å². The summed E-state index contributed by atoms with van der Waals surface area (Å²) in [5.74, 6) is 0. The second-order valence-electron chi connectivity index (χ2n) is 4.07. The molecule has 0 saturated carbocycles. The first kappa shape index (κ1) is 12.4. The summed E-state index contributed by atoms with van der Waals surface area (Å²) in [4.78, 5) is 0. The highest BCUT2D eigenvalue weighted by molar-refractivity contribution is 9.17. The number of fused-ring (bicyclic) bond motifs is 1. The van der Waals surface area contributed by atoms with E-state index in [0.29, 0.717) is 0 Å². The van der Waals surface area contributed by atoms with Gasteiger partial charge in [0, 0.05) is 20.7 Å². The molecule has 1 aliphatic heterocycles. The maximum atomic E-state index is 13.4. The van der Waals surface area contributed by atoms with E-state index in [-0.39, 0.29) is 0 Å². The zero-order valence-corrected chi connectivity index (χ0v) is 13.4. The van der Waals surface area contributed by atoms with Crippen molar-refractivity contribution in [2.45, 2.75) is 0 Å². The first-order valence-electron chi connectivity index (χ1n) is 5.47. The highest BCUT2D eigenvalue weighted by Gasteiger charge is 2.40. The highest BCUT2D eigenvalue weighted by Crippen LogP contribution is 2.63. The zero-order valence-electron chi connectivity index (χ0n) is 9.31. The van der Waals surface area contributed by atoms with Crippen molar-refractivity contribution in [3.05, 3.63) is 64.4 Å². The molecule has 3 rings (SSSR count). The fraction of sp³-hybridized carbons (Fsp3) is 0. The average Bonchev–Trinajstić information content (AvgIpc) is 2.64. The smallest absolute Gasteiger partial charge is 0.179 e. The molecule has 2 aromatic carbocycles.